The van der Waals surface area contributed by atoms with E-state index in [2.05, 4.69) is 16.2 Å². The second-order valence-electron chi connectivity index (χ2n) is 7.48. The van der Waals surface area contributed by atoms with Gasteiger partial charge in [0.2, 0.25) is 10.0 Å². The van der Waals surface area contributed by atoms with Crippen LogP contribution in [0.3, 0.4) is 0 Å². The number of rotatable bonds is 5. The first-order valence-corrected chi connectivity index (χ1v) is 11.7. The van der Waals surface area contributed by atoms with Gasteiger partial charge in [-0.05, 0) is 55.3 Å². The van der Waals surface area contributed by atoms with Crippen LogP contribution in [0, 0.1) is 0 Å². The number of nitrogens with zero attached hydrogens (tertiary/aromatic N) is 2. The van der Waals surface area contributed by atoms with Crippen molar-refractivity contribution in [3.63, 3.8) is 0 Å². The van der Waals surface area contributed by atoms with E-state index in [4.69, 9.17) is 0 Å². The van der Waals surface area contributed by atoms with E-state index in [0.717, 1.165) is 12.8 Å². The number of anilines is 1. The van der Waals surface area contributed by atoms with Crippen LogP contribution in [0.1, 0.15) is 33.6 Å². The van der Waals surface area contributed by atoms with Crippen molar-refractivity contribution >= 4 is 33.6 Å². The third-order valence-electron chi connectivity index (χ3n) is 5.39. The third kappa shape index (κ3) is 4.43. The van der Waals surface area contributed by atoms with Crippen molar-refractivity contribution in [3.05, 3.63) is 59.7 Å². The Balaban J connectivity index is 1.37. The Hall–Kier alpha value is -3.44. The molecule has 0 spiro atoms. The zero-order chi connectivity index (χ0) is 22.7. The van der Waals surface area contributed by atoms with Gasteiger partial charge in [0, 0.05) is 43.0 Å². The van der Waals surface area contributed by atoms with Crippen LogP contribution in [-0.2, 0) is 10.0 Å². The molecule has 0 atom stereocenters. The summed E-state index contributed by atoms with van der Waals surface area (Å²) >= 11 is 0. The Morgan fingerprint density at radius 1 is 0.875 bits per heavy atom. The van der Waals surface area contributed by atoms with Gasteiger partial charge in [0.15, 0.2) is 0 Å². The molecule has 2 fully saturated rings. The minimum atomic E-state index is -3.56. The molecule has 0 unspecified atom stereocenters. The Labute approximate surface area is 185 Å². The van der Waals surface area contributed by atoms with Gasteiger partial charge in [0.25, 0.3) is 11.8 Å². The van der Waals surface area contributed by atoms with Crippen LogP contribution in [0.25, 0.3) is 0 Å². The number of hydrogen-bond acceptors (Lipinski definition) is 5. The molecule has 2 aliphatic rings. The van der Waals surface area contributed by atoms with Gasteiger partial charge >= 0.3 is 6.03 Å². The fourth-order valence-corrected chi connectivity index (χ4v) is 5.16. The van der Waals surface area contributed by atoms with Gasteiger partial charge in [-0.2, -0.15) is 4.31 Å². The standard InChI is InChI=1S/C21H23N5O5S/c27-19(15-6-8-18(9-7-15)32(30,31)25-11-1-2-12-25)23-24-20(28)16-4-3-5-17(14-16)26-13-10-22-21(26)29/h3-9,14H,1-2,10-13H2,(H,22,29)(H,23,27)(H,24,28). The molecule has 4 amide bonds. The number of benzene rings is 2. The van der Waals surface area contributed by atoms with E-state index < -0.39 is 21.8 Å². The quantitative estimate of drug-likeness (QED) is 0.579. The first-order valence-electron chi connectivity index (χ1n) is 10.2. The van der Waals surface area contributed by atoms with Gasteiger partial charge in [-0.3, -0.25) is 25.3 Å². The maximum absolute atomic E-state index is 12.6. The van der Waals surface area contributed by atoms with E-state index in [9.17, 15) is 22.8 Å². The molecule has 3 N–H and O–H groups in total. The molecule has 2 saturated heterocycles. The fraction of sp³-hybridized carbons (Fsp3) is 0.286. The molecule has 0 saturated carbocycles. The van der Waals surface area contributed by atoms with Crippen LogP contribution in [0.4, 0.5) is 10.5 Å². The lowest BCUT2D eigenvalue weighted by Gasteiger charge is -2.16. The smallest absolute Gasteiger partial charge is 0.321 e. The topological polar surface area (TPSA) is 128 Å². The van der Waals surface area contributed by atoms with Crippen LogP contribution in [0.15, 0.2) is 53.4 Å². The number of amides is 4. The molecule has 168 valence electrons. The number of sulfonamides is 1. The van der Waals surface area contributed by atoms with E-state index in [1.54, 1.807) is 24.3 Å². The lowest BCUT2D eigenvalue weighted by molar-refractivity contribution is 0.0846. The molecule has 2 aliphatic heterocycles. The molecule has 2 aromatic rings. The summed E-state index contributed by atoms with van der Waals surface area (Å²) in [6.45, 7) is 2.04. The molecule has 11 heteroatoms. The molecule has 2 aromatic carbocycles. The van der Waals surface area contributed by atoms with Crippen molar-refractivity contribution in [2.45, 2.75) is 17.7 Å². The van der Waals surface area contributed by atoms with Gasteiger partial charge < -0.3 is 5.32 Å². The van der Waals surface area contributed by atoms with Crippen molar-refractivity contribution in [3.8, 4) is 0 Å². The largest absolute Gasteiger partial charge is 0.336 e. The van der Waals surface area contributed by atoms with Gasteiger partial charge in [-0.1, -0.05) is 6.07 Å². The van der Waals surface area contributed by atoms with Crippen molar-refractivity contribution < 1.29 is 22.8 Å². The molecule has 10 nitrogen and oxygen atoms in total. The molecule has 4 rings (SSSR count). The normalized spacial score (nSPS) is 16.6. The average molecular weight is 458 g/mol. The highest BCUT2D eigenvalue weighted by atomic mass is 32.2. The second kappa shape index (κ2) is 8.97. The maximum atomic E-state index is 12.6. The summed E-state index contributed by atoms with van der Waals surface area (Å²) in [5.74, 6) is -1.13. The van der Waals surface area contributed by atoms with Gasteiger partial charge in [0.05, 0.1) is 4.90 Å². The number of carbonyl (C=O) groups is 3. The van der Waals surface area contributed by atoms with E-state index in [1.165, 1.54) is 33.5 Å². The van der Waals surface area contributed by atoms with Gasteiger partial charge in [0.1, 0.15) is 0 Å². The lowest BCUT2D eigenvalue weighted by Crippen LogP contribution is -2.41. The number of hydrogen-bond donors (Lipinski definition) is 3. The minimum Gasteiger partial charge on any atom is -0.336 e. The van der Waals surface area contributed by atoms with Gasteiger partial charge in [-0.25, -0.2) is 13.2 Å². The van der Waals surface area contributed by atoms with Crippen LogP contribution in [0.2, 0.25) is 0 Å². The average Bonchev–Trinajstić information content (AvgIpc) is 3.50. The van der Waals surface area contributed by atoms with Crippen LogP contribution in [-0.4, -0.2) is 56.7 Å². The number of nitrogens with one attached hydrogen (secondary N) is 3. The highest BCUT2D eigenvalue weighted by Crippen LogP contribution is 2.21. The molecule has 0 aromatic heterocycles. The number of carbonyl (C=O) groups excluding carboxylic acids is 3. The van der Waals surface area contributed by atoms with Crippen LogP contribution in [0.5, 0.6) is 0 Å². The predicted octanol–water partition coefficient (Wildman–Crippen LogP) is 1.08. The summed E-state index contributed by atoms with van der Waals surface area (Å²) in [6, 6.07) is 11.8. The van der Waals surface area contributed by atoms with Crippen molar-refractivity contribution in [2.24, 2.45) is 0 Å². The van der Waals surface area contributed by atoms with Gasteiger partial charge in [-0.15, -0.1) is 0 Å². The summed E-state index contributed by atoms with van der Waals surface area (Å²) in [4.78, 5) is 38.3. The maximum Gasteiger partial charge on any atom is 0.321 e. The second-order valence-corrected chi connectivity index (χ2v) is 9.42. The lowest BCUT2D eigenvalue weighted by atomic mass is 10.2. The Morgan fingerprint density at radius 2 is 1.53 bits per heavy atom. The monoisotopic (exact) mass is 457 g/mol. The van der Waals surface area contributed by atoms with E-state index in [1.807, 2.05) is 0 Å². The Bertz CT molecular complexity index is 1140. The van der Waals surface area contributed by atoms with E-state index in [-0.39, 0.29) is 22.1 Å². The molecule has 0 bridgehead atoms. The van der Waals surface area contributed by atoms with Crippen molar-refractivity contribution in [2.75, 3.05) is 31.1 Å². The van der Waals surface area contributed by atoms with Crippen molar-refractivity contribution in [1.29, 1.82) is 0 Å². The predicted molar refractivity (Wildman–Crippen MR) is 117 cm³/mol. The zero-order valence-corrected chi connectivity index (χ0v) is 18.0. The highest BCUT2D eigenvalue weighted by Gasteiger charge is 2.27. The SMILES string of the molecule is O=C(NNC(=O)c1cccc(N2CCNC2=O)c1)c1ccc(S(=O)(=O)N2CCCC2)cc1. The molecule has 32 heavy (non-hydrogen) atoms. The molecular formula is C21H23N5O5S. The summed E-state index contributed by atoms with van der Waals surface area (Å²) in [7, 11) is -3.56. The summed E-state index contributed by atoms with van der Waals surface area (Å²) < 4.78 is 26.6. The van der Waals surface area contributed by atoms with E-state index in [0.29, 0.717) is 31.9 Å². The summed E-state index contributed by atoms with van der Waals surface area (Å²) in [5, 5.41) is 2.69. The highest BCUT2D eigenvalue weighted by molar-refractivity contribution is 7.89. The molecule has 0 aliphatic carbocycles. The Kier molecular flexibility index (Phi) is 6.10. The third-order valence-corrected chi connectivity index (χ3v) is 7.30. The van der Waals surface area contributed by atoms with Crippen molar-refractivity contribution in [1.82, 2.24) is 20.5 Å². The summed E-state index contributed by atoms with van der Waals surface area (Å²) in [6.07, 6.45) is 1.68. The number of hydrazine groups is 1. The van der Waals surface area contributed by atoms with Crippen LogP contribution < -0.4 is 21.1 Å². The Morgan fingerprint density at radius 3 is 2.16 bits per heavy atom. The van der Waals surface area contributed by atoms with Crippen LogP contribution >= 0.6 is 0 Å². The first-order chi connectivity index (χ1) is 15.4. The minimum absolute atomic E-state index is 0.128. The number of urea groups is 1. The molecule has 2 heterocycles. The van der Waals surface area contributed by atoms with E-state index >= 15 is 0 Å². The molecule has 0 radical (unpaired) electrons. The summed E-state index contributed by atoms with van der Waals surface area (Å²) in [5.41, 5.74) is 5.70. The molecular weight excluding hydrogens is 434 g/mol. The zero-order valence-electron chi connectivity index (χ0n) is 17.2. The first kappa shape index (κ1) is 21.8. The fourth-order valence-electron chi connectivity index (χ4n) is 3.65.